The largest absolute Gasteiger partial charge is 0.367 e. The van der Waals surface area contributed by atoms with Gasteiger partial charge in [-0.3, -0.25) is 14.4 Å². The van der Waals surface area contributed by atoms with Crippen molar-refractivity contribution in [2.24, 2.45) is 0 Å². The maximum Gasteiger partial charge on any atom is 0.271 e. The highest BCUT2D eigenvalue weighted by Gasteiger charge is 2.20. The Morgan fingerprint density at radius 3 is 2.53 bits per heavy atom. The Bertz CT molecular complexity index is 1240. The molecule has 1 saturated heterocycles. The Morgan fingerprint density at radius 2 is 1.86 bits per heavy atom. The molecule has 2 aromatic heterocycles. The second-order valence-electron chi connectivity index (χ2n) is 10.1. The van der Waals surface area contributed by atoms with Gasteiger partial charge in [-0.2, -0.15) is 5.06 Å². The molecule has 0 aliphatic carbocycles. The van der Waals surface area contributed by atoms with Crippen LogP contribution in [0, 0.1) is 0 Å². The van der Waals surface area contributed by atoms with Crippen molar-refractivity contribution in [3.05, 3.63) is 76.2 Å². The zero-order chi connectivity index (χ0) is 25.7. The number of amides is 1. The maximum absolute atomic E-state index is 12.8. The van der Waals surface area contributed by atoms with Crippen molar-refractivity contribution in [3.63, 3.8) is 0 Å². The number of aromatic nitrogens is 2. The summed E-state index contributed by atoms with van der Waals surface area (Å²) in [5.41, 5.74) is 2.86. The van der Waals surface area contributed by atoms with Crippen LogP contribution in [0.1, 0.15) is 56.5 Å². The van der Waals surface area contributed by atoms with Gasteiger partial charge in [0.05, 0.1) is 12.3 Å². The Labute approximate surface area is 212 Å². The summed E-state index contributed by atoms with van der Waals surface area (Å²) in [6.45, 7) is 10.8. The van der Waals surface area contributed by atoms with Gasteiger partial charge in [-0.05, 0) is 61.1 Å². The van der Waals surface area contributed by atoms with E-state index in [4.69, 9.17) is 9.82 Å². The molecule has 8 heteroatoms. The van der Waals surface area contributed by atoms with Crippen molar-refractivity contribution in [2.75, 3.05) is 30.3 Å². The van der Waals surface area contributed by atoms with Crippen molar-refractivity contribution >= 4 is 17.4 Å². The molecule has 0 spiro atoms. The molecule has 0 unspecified atom stereocenters. The minimum absolute atomic E-state index is 0.00230. The first-order chi connectivity index (χ1) is 17.2. The summed E-state index contributed by atoms with van der Waals surface area (Å²) in [6, 6.07) is 15.2. The molecule has 1 aliphatic rings. The van der Waals surface area contributed by atoms with E-state index in [1.54, 1.807) is 24.4 Å². The summed E-state index contributed by atoms with van der Waals surface area (Å²) < 4.78 is 0. The molecular formula is C28H35N5O3. The van der Waals surface area contributed by atoms with Crippen LogP contribution in [0.3, 0.4) is 0 Å². The number of carbonyl (C=O) groups is 1. The summed E-state index contributed by atoms with van der Waals surface area (Å²) in [6.07, 6.45) is 3.55. The van der Waals surface area contributed by atoms with Crippen LogP contribution in [0.2, 0.25) is 0 Å². The second-order valence-corrected chi connectivity index (χ2v) is 10.1. The van der Waals surface area contributed by atoms with Crippen LogP contribution in [0.4, 0.5) is 11.5 Å². The lowest BCUT2D eigenvalue weighted by atomic mass is 9.87. The Balaban J connectivity index is 1.46. The van der Waals surface area contributed by atoms with Gasteiger partial charge in [0, 0.05) is 36.5 Å². The molecule has 0 radical (unpaired) electrons. The lowest BCUT2D eigenvalue weighted by molar-refractivity contribution is -0.164. The molecule has 1 amide bonds. The van der Waals surface area contributed by atoms with Gasteiger partial charge in [-0.1, -0.05) is 39.0 Å². The lowest BCUT2D eigenvalue weighted by Crippen LogP contribution is -2.39. The first-order valence-corrected chi connectivity index (χ1v) is 12.5. The predicted molar refractivity (Wildman–Crippen MR) is 143 cm³/mol. The van der Waals surface area contributed by atoms with E-state index >= 15 is 0 Å². The van der Waals surface area contributed by atoms with Crippen LogP contribution >= 0.6 is 0 Å². The zero-order valence-electron chi connectivity index (χ0n) is 21.4. The van der Waals surface area contributed by atoms with Crippen LogP contribution in [-0.4, -0.2) is 46.7 Å². The molecule has 1 aromatic carbocycles. The van der Waals surface area contributed by atoms with Crippen LogP contribution in [-0.2, 0) is 10.3 Å². The van der Waals surface area contributed by atoms with E-state index in [1.807, 2.05) is 42.3 Å². The molecule has 36 heavy (non-hydrogen) atoms. The first-order valence-electron chi connectivity index (χ1n) is 12.5. The van der Waals surface area contributed by atoms with Gasteiger partial charge >= 0.3 is 0 Å². The molecule has 3 aromatic rings. The van der Waals surface area contributed by atoms with Gasteiger partial charge < -0.3 is 15.6 Å². The third kappa shape index (κ3) is 6.38. The average Bonchev–Trinajstić information content (AvgIpc) is 2.86. The number of hydroxylamine groups is 2. The van der Waals surface area contributed by atoms with E-state index in [1.165, 1.54) is 0 Å². The molecule has 8 nitrogen and oxygen atoms in total. The molecule has 4 rings (SSSR count). The summed E-state index contributed by atoms with van der Waals surface area (Å²) in [5, 5.41) is 8.27. The summed E-state index contributed by atoms with van der Waals surface area (Å²) in [5.74, 6) is 0.443. The van der Waals surface area contributed by atoms with Gasteiger partial charge in [0.15, 0.2) is 0 Å². The van der Waals surface area contributed by atoms with Crippen molar-refractivity contribution < 1.29 is 9.63 Å². The van der Waals surface area contributed by atoms with Crippen LogP contribution in [0.15, 0.2) is 59.5 Å². The number of hydrogen-bond donors (Lipinski definition) is 3. The number of aromatic amines is 1. The Morgan fingerprint density at radius 1 is 1.14 bits per heavy atom. The summed E-state index contributed by atoms with van der Waals surface area (Å²) in [4.78, 5) is 38.3. The predicted octanol–water partition coefficient (Wildman–Crippen LogP) is 4.81. The number of pyridine rings is 2. The molecule has 190 valence electrons. The van der Waals surface area contributed by atoms with Crippen molar-refractivity contribution in [3.8, 4) is 11.3 Å². The quantitative estimate of drug-likeness (QED) is 0.440. The van der Waals surface area contributed by atoms with Gasteiger partial charge in [0.1, 0.15) is 11.5 Å². The lowest BCUT2D eigenvalue weighted by Gasteiger charge is -2.31. The van der Waals surface area contributed by atoms with Crippen molar-refractivity contribution in [1.82, 2.24) is 15.0 Å². The minimum Gasteiger partial charge on any atom is -0.367 e. The molecule has 3 N–H and O–H groups in total. The third-order valence-electron chi connectivity index (χ3n) is 6.33. The monoisotopic (exact) mass is 489 g/mol. The smallest absolute Gasteiger partial charge is 0.271 e. The fourth-order valence-electron chi connectivity index (χ4n) is 4.24. The minimum atomic E-state index is -0.367. The van der Waals surface area contributed by atoms with E-state index < -0.39 is 0 Å². The zero-order valence-corrected chi connectivity index (χ0v) is 21.4. The van der Waals surface area contributed by atoms with Gasteiger partial charge in [0.2, 0.25) is 0 Å². The number of H-pyrrole nitrogens is 1. The Kier molecular flexibility index (Phi) is 7.86. The van der Waals surface area contributed by atoms with Crippen LogP contribution < -0.4 is 16.2 Å². The van der Waals surface area contributed by atoms with Crippen LogP contribution in [0.5, 0.6) is 0 Å². The first kappa shape index (κ1) is 25.6. The molecule has 3 heterocycles. The third-order valence-corrected chi connectivity index (χ3v) is 6.33. The summed E-state index contributed by atoms with van der Waals surface area (Å²) >= 11 is 0. The SMILES string of the molecule is CCON1CCC(Nc2cccc(-c3c[nH]c(=O)c(NC(=O)c4ccc(C(C)(C)C)cc4)c3)n2)CC1. The van der Waals surface area contributed by atoms with E-state index in [0.29, 0.717) is 29.5 Å². The number of hydrogen-bond acceptors (Lipinski definition) is 6. The van der Waals surface area contributed by atoms with E-state index in [-0.39, 0.29) is 22.6 Å². The number of benzene rings is 1. The maximum atomic E-state index is 12.8. The molecular weight excluding hydrogens is 454 g/mol. The van der Waals surface area contributed by atoms with Gasteiger partial charge in [-0.25, -0.2) is 4.98 Å². The number of anilines is 2. The number of carbonyl (C=O) groups excluding carboxylic acids is 1. The van der Waals surface area contributed by atoms with E-state index in [9.17, 15) is 9.59 Å². The number of nitrogens with zero attached hydrogens (tertiary/aromatic N) is 2. The molecule has 0 bridgehead atoms. The van der Waals surface area contributed by atoms with E-state index in [0.717, 1.165) is 37.3 Å². The Hall–Kier alpha value is -3.49. The van der Waals surface area contributed by atoms with Crippen molar-refractivity contribution in [1.29, 1.82) is 0 Å². The highest BCUT2D eigenvalue weighted by atomic mass is 16.7. The van der Waals surface area contributed by atoms with Crippen molar-refractivity contribution in [2.45, 2.75) is 52.0 Å². The molecule has 0 saturated carbocycles. The average molecular weight is 490 g/mol. The highest BCUT2D eigenvalue weighted by molar-refractivity contribution is 6.04. The molecule has 1 fully saturated rings. The number of nitrogens with one attached hydrogen (secondary N) is 3. The van der Waals surface area contributed by atoms with Gasteiger partial charge in [0.25, 0.3) is 11.5 Å². The fraction of sp³-hybridized carbons (Fsp3) is 0.393. The molecule has 1 aliphatic heterocycles. The molecule has 0 atom stereocenters. The normalized spacial score (nSPS) is 15.0. The summed E-state index contributed by atoms with van der Waals surface area (Å²) in [7, 11) is 0. The fourth-order valence-corrected chi connectivity index (χ4v) is 4.24. The second kappa shape index (κ2) is 11.1. The standard InChI is InChI=1S/C28H35N5O3/c1-5-36-33-15-13-22(14-16-33)30-25-8-6-7-23(31-25)20-17-24(27(35)29-18-20)32-26(34)19-9-11-21(12-10-19)28(2,3)4/h6-12,17-18,22H,5,13-16H2,1-4H3,(H,29,35)(H,30,31)(H,32,34). The van der Waals surface area contributed by atoms with E-state index in [2.05, 4.69) is 36.4 Å². The highest BCUT2D eigenvalue weighted by Crippen LogP contribution is 2.24. The number of rotatable bonds is 7. The van der Waals surface area contributed by atoms with Gasteiger partial charge in [-0.15, -0.1) is 0 Å². The van der Waals surface area contributed by atoms with Crippen LogP contribution in [0.25, 0.3) is 11.3 Å². The topological polar surface area (TPSA) is 99.4 Å². The number of piperidine rings is 1.